The molecular weight excluding hydrogens is 278 g/mol. The molecule has 23 heavy (non-hydrogen) atoms. The maximum atomic E-state index is 2.47. The van der Waals surface area contributed by atoms with Crippen LogP contribution >= 0.6 is 0 Å². The van der Waals surface area contributed by atoms with Gasteiger partial charge in [0.2, 0.25) is 5.69 Å². The second-order valence-corrected chi connectivity index (χ2v) is 6.83. The number of hydrogen-bond donors (Lipinski definition) is 0. The van der Waals surface area contributed by atoms with Gasteiger partial charge in [-0.3, -0.25) is 0 Å². The van der Waals surface area contributed by atoms with Crippen LogP contribution in [0.25, 0.3) is 22.0 Å². The Kier molecular flexibility index (Phi) is 3.45. The number of pyridine rings is 1. The van der Waals surface area contributed by atoms with E-state index in [2.05, 4.69) is 67.9 Å². The van der Waals surface area contributed by atoms with Gasteiger partial charge < -0.3 is 0 Å². The molecular formula is C22H24N+. The number of aryl methyl sites for hydroxylation is 2. The van der Waals surface area contributed by atoms with Crippen molar-refractivity contribution in [1.29, 1.82) is 0 Å². The summed E-state index contributed by atoms with van der Waals surface area (Å²) in [4.78, 5) is 0. The predicted octanol–water partition coefficient (Wildman–Crippen LogP) is 4.83. The quantitative estimate of drug-likeness (QED) is 0.567. The molecule has 0 amide bonds. The van der Waals surface area contributed by atoms with Gasteiger partial charge in [0.05, 0.1) is 5.39 Å². The third-order valence-electron chi connectivity index (χ3n) is 5.55. The Hall–Kier alpha value is -2.15. The van der Waals surface area contributed by atoms with Gasteiger partial charge in [-0.1, -0.05) is 30.3 Å². The Morgan fingerprint density at radius 3 is 2.39 bits per heavy atom. The Labute approximate surface area is 138 Å². The first-order chi connectivity index (χ1) is 11.2. The predicted molar refractivity (Wildman–Crippen MR) is 96.7 cm³/mol. The molecule has 0 aliphatic heterocycles. The van der Waals surface area contributed by atoms with Gasteiger partial charge in [0, 0.05) is 17.5 Å². The van der Waals surface area contributed by atoms with Gasteiger partial charge in [-0.15, -0.1) is 0 Å². The van der Waals surface area contributed by atoms with Gasteiger partial charge in [0.15, 0.2) is 5.69 Å². The van der Waals surface area contributed by atoms with E-state index in [-0.39, 0.29) is 0 Å². The fraction of sp³-hybridized carbons (Fsp3) is 0.318. The van der Waals surface area contributed by atoms with Crippen LogP contribution in [0, 0.1) is 13.8 Å². The molecule has 1 heteroatoms. The molecule has 1 aliphatic rings. The molecule has 1 heterocycles. The maximum absolute atomic E-state index is 2.47. The van der Waals surface area contributed by atoms with Gasteiger partial charge in [-0.25, -0.2) is 0 Å². The minimum atomic E-state index is 1.20. The maximum Gasteiger partial charge on any atom is 0.220 e. The molecule has 116 valence electrons. The molecule has 1 aromatic heterocycles. The van der Waals surface area contributed by atoms with E-state index in [1.54, 1.807) is 5.56 Å². The number of hydrogen-bond acceptors (Lipinski definition) is 0. The average Bonchev–Trinajstić information content (AvgIpc) is 2.59. The third-order valence-corrected chi connectivity index (χ3v) is 5.55. The lowest BCUT2D eigenvalue weighted by atomic mass is 9.88. The van der Waals surface area contributed by atoms with Crippen LogP contribution in [0.3, 0.4) is 0 Å². The summed E-state index contributed by atoms with van der Waals surface area (Å²) in [6.07, 6.45) is 5.05. The van der Waals surface area contributed by atoms with Crippen LogP contribution in [-0.4, -0.2) is 0 Å². The number of rotatable bonds is 1. The zero-order valence-corrected chi connectivity index (χ0v) is 14.3. The summed E-state index contributed by atoms with van der Waals surface area (Å²) in [5, 5.41) is 2.85. The molecule has 0 atom stereocenters. The molecule has 0 bridgehead atoms. The fourth-order valence-corrected chi connectivity index (χ4v) is 4.15. The van der Waals surface area contributed by atoms with Gasteiger partial charge in [0.25, 0.3) is 0 Å². The van der Waals surface area contributed by atoms with Crippen molar-refractivity contribution in [3.8, 4) is 11.3 Å². The van der Waals surface area contributed by atoms with Gasteiger partial charge in [-0.05, 0) is 61.8 Å². The standard InChI is InChI=1S/C22H24N/c1-15-9-8-13-17(16(15)2)22-20-12-5-4-10-18(20)19-11-6-7-14-21(19)23(22)3/h4-5,8-10,12-13H,6-7,11,14H2,1-3H3/q+1. The van der Waals surface area contributed by atoms with Crippen molar-refractivity contribution < 1.29 is 4.57 Å². The number of nitrogens with zero attached hydrogens (tertiary/aromatic N) is 1. The summed E-state index contributed by atoms with van der Waals surface area (Å²) in [5.74, 6) is 0. The highest BCUT2D eigenvalue weighted by Gasteiger charge is 2.27. The van der Waals surface area contributed by atoms with Crippen molar-refractivity contribution >= 4 is 10.8 Å². The monoisotopic (exact) mass is 302 g/mol. The molecule has 0 unspecified atom stereocenters. The minimum absolute atomic E-state index is 1.20. The summed E-state index contributed by atoms with van der Waals surface area (Å²) >= 11 is 0. The lowest BCUT2D eigenvalue weighted by Crippen LogP contribution is -2.39. The Morgan fingerprint density at radius 1 is 0.826 bits per heavy atom. The molecule has 2 aromatic carbocycles. The summed E-state index contributed by atoms with van der Waals surface area (Å²) < 4.78 is 2.47. The molecule has 4 rings (SSSR count). The fourth-order valence-electron chi connectivity index (χ4n) is 4.15. The van der Waals surface area contributed by atoms with Crippen LogP contribution in [0.5, 0.6) is 0 Å². The zero-order valence-electron chi connectivity index (χ0n) is 14.3. The van der Waals surface area contributed by atoms with E-state index < -0.39 is 0 Å². The topological polar surface area (TPSA) is 3.88 Å². The van der Waals surface area contributed by atoms with E-state index in [0.717, 1.165) is 0 Å². The molecule has 0 N–H and O–H groups in total. The van der Waals surface area contributed by atoms with Crippen molar-refractivity contribution in [2.45, 2.75) is 39.5 Å². The van der Waals surface area contributed by atoms with Crippen LogP contribution in [0.1, 0.15) is 35.2 Å². The van der Waals surface area contributed by atoms with Crippen LogP contribution in [-0.2, 0) is 19.9 Å². The van der Waals surface area contributed by atoms with E-state index in [4.69, 9.17) is 0 Å². The largest absolute Gasteiger partial charge is 0.220 e. The molecule has 1 aliphatic carbocycles. The second kappa shape index (κ2) is 5.49. The van der Waals surface area contributed by atoms with E-state index in [1.807, 2.05) is 0 Å². The van der Waals surface area contributed by atoms with E-state index in [1.165, 1.54) is 64.5 Å². The second-order valence-electron chi connectivity index (χ2n) is 6.83. The van der Waals surface area contributed by atoms with E-state index >= 15 is 0 Å². The highest BCUT2D eigenvalue weighted by molar-refractivity contribution is 5.96. The summed E-state index contributed by atoms with van der Waals surface area (Å²) in [6, 6.07) is 15.6. The third kappa shape index (κ3) is 2.18. The first-order valence-corrected chi connectivity index (χ1v) is 8.67. The van der Waals surface area contributed by atoms with Crippen LogP contribution in [0.4, 0.5) is 0 Å². The van der Waals surface area contributed by atoms with Gasteiger partial charge in [0.1, 0.15) is 7.05 Å². The summed E-state index contributed by atoms with van der Waals surface area (Å²) in [5.41, 5.74) is 8.61. The van der Waals surface area contributed by atoms with E-state index in [0.29, 0.717) is 0 Å². The smallest absolute Gasteiger partial charge is 0.198 e. The van der Waals surface area contributed by atoms with Gasteiger partial charge >= 0.3 is 0 Å². The number of benzene rings is 2. The SMILES string of the molecule is Cc1cccc(-c2c3ccccc3c3c([n+]2C)CCCC3)c1C. The van der Waals surface area contributed by atoms with Crippen LogP contribution in [0.2, 0.25) is 0 Å². The molecule has 0 spiro atoms. The molecule has 3 aromatic rings. The molecule has 1 nitrogen and oxygen atoms in total. The van der Waals surface area contributed by atoms with Crippen LogP contribution in [0.15, 0.2) is 42.5 Å². The number of aromatic nitrogens is 1. The lowest BCUT2D eigenvalue weighted by Gasteiger charge is -2.19. The van der Waals surface area contributed by atoms with Gasteiger partial charge in [-0.2, -0.15) is 4.57 Å². The first kappa shape index (κ1) is 14.4. The Balaban J connectivity index is 2.15. The average molecular weight is 302 g/mol. The van der Waals surface area contributed by atoms with Crippen LogP contribution < -0.4 is 4.57 Å². The summed E-state index contributed by atoms with van der Waals surface area (Å²) in [7, 11) is 2.26. The molecule has 0 radical (unpaired) electrons. The summed E-state index contributed by atoms with van der Waals surface area (Å²) in [6.45, 7) is 4.46. The Morgan fingerprint density at radius 2 is 1.57 bits per heavy atom. The minimum Gasteiger partial charge on any atom is -0.198 e. The van der Waals surface area contributed by atoms with E-state index in [9.17, 15) is 0 Å². The highest BCUT2D eigenvalue weighted by Crippen LogP contribution is 2.34. The molecule has 0 saturated heterocycles. The van der Waals surface area contributed by atoms with Crippen molar-refractivity contribution in [2.24, 2.45) is 7.05 Å². The van der Waals surface area contributed by atoms with Crippen molar-refractivity contribution in [3.63, 3.8) is 0 Å². The normalized spacial score (nSPS) is 14.0. The number of fused-ring (bicyclic) bond motifs is 3. The molecule has 0 saturated carbocycles. The highest BCUT2D eigenvalue weighted by atomic mass is 15.0. The Bertz CT molecular complexity index is 905. The van der Waals surface area contributed by atoms with Crippen molar-refractivity contribution in [3.05, 3.63) is 64.8 Å². The first-order valence-electron chi connectivity index (χ1n) is 8.67. The van der Waals surface area contributed by atoms with Crippen molar-refractivity contribution in [1.82, 2.24) is 0 Å². The molecule has 0 fully saturated rings. The lowest BCUT2D eigenvalue weighted by molar-refractivity contribution is -0.667. The van der Waals surface area contributed by atoms with Crippen molar-refractivity contribution in [2.75, 3.05) is 0 Å². The zero-order chi connectivity index (χ0) is 16.0.